The van der Waals surface area contributed by atoms with Gasteiger partial charge in [-0.2, -0.15) is 0 Å². The van der Waals surface area contributed by atoms with Gasteiger partial charge in [0.15, 0.2) is 11.6 Å². The van der Waals surface area contributed by atoms with Crippen LogP contribution in [0.4, 0.5) is 28.0 Å². The Labute approximate surface area is 181 Å². The molecule has 2 aromatic carbocycles. The third-order valence-electron chi connectivity index (χ3n) is 6.30. The van der Waals surface area contributed by atoms with Gasteiger partial charge in [-0.25, -0.2) is 22.4 Å². The summed E-state index contributed by atoms with van der Waals surface area (Å²) in [6, 6.07) is 3.58. The average molecular weight is 445 g/mol. The summed E-state index contributed by atoms with van der Waals surface area (Å²) in [7, 11) is 0. The molecule has 0 saturated carbocycles. The molecule has 0 spiro atoms. The van der Waals surface area contributed by atoms with Crippen molar-refractivity contribution in [2.24, 2.45) is 5.92 Å². The molecule has 3 aliphatic rings. The minimum absolute atomic E-state index is 0.0373. The lowest BCUT2D eigenvalue weighted by molar-refractivity contribution is -0.132. The second-order valence-corrected chi connectivity index (χ2v) is 8.46. The number of amides is 3. The molecule has 1 aliphatic carbocycles. The van der Waals surface area contributed by atoms with Gasteiger partial charge in [0.25, 0.3) is 0 Å². The molecule has 2 aliphatic heterocycles. The molecule has 1 N–H and O–H groups in total. The fraction of sp³-hybridized carbons (Fsp3) is 0.304. The lowest BCUT2D eigenvalue weighted by atomic mass is 9.97. The number of fused-ring (bicyclic) bond motifs is 3. The van der Waals surface area contributed by atoms with Crippen LogP contribution in [0.3, 0.4) is 0 Å². The minimum Gasteiger partial charge on any atom is -0.333 e. The maximum Gasteiger partial charge on any atom is 0.322 e. The molecule has 2 atom stereocenters. The first-order chi connectivity index (χ1) is 15.2. The molecule has 2 heterocycles. The third-order valence-corrected chi connectivity index (χ3v) is 6.30. The lowest BCUT2D eigenvalue weighted by Crippen LogP contribution is -2.48. The van der Waals surface area contributed by atoms with E-state index in [0.717, 1.165) is 11.0 Å². The van der Waals surface area contributed by atoms with E-state index < -0.39 is 41.2 Å². The molecule has 0 radical (unpaired) electrons. The number of hydrogen-bond acceptors (Lipinski definition) is 2. The van der Waals surface area contributed by atoms with Crippen molar-refractivity contribution < 1.29 is 27.2 Å². The summed E-state index contributed by atoms with van der Waals surface area (Å²) in [6.45, 7) is 1.34. The molecule has 2 bridgehead atoms. The summed E-state index contributed by atoms with van der Waals surface area (Å²) >= 11 is 0. The highest BCUT2D eigenvalue weighted by Crippen LogP contribution is 2.43. The van der Waals surface area contributed by atoms with Crippen LogP contribution in [0, 0.1) is 36.1 Å². The number of nitrogens with zero attached hydrogens (tertiary/aromatic N) is 2. The largest absolute Gasteiger partial charge is 0.333 e. The third kappa shape index (κ3) is 3.23. The van der Waals surface area contributed by atoms with Gasteiger partial charge in [-0.05, 0) is 54.7 Å². The molecular weight excluding hydrogens is 426 g/mol. The summed E-state index contributed by atoms with van der Waals surface area (Å²) in [5.41, 5.74) is 0.868. The van der Waals surface area contributed by atoms with E-state index >= 15 is 0 Å². The number of carbonyl (C=O) groups excluding carboxylic acids is 2. The van der Waals surface area contributed by atoms with Crippen molar-refractivity contribution in [1.29, 1.82) is 0 Å². The van der Waals surface area contributed by atoms with Crippen LogP contribution in [0.2, 0.25) is 0 Å². The Balaban J connectivity index is 1.36. The van der Waals surface area contributed by atoms with Gasteiger partial charge in [-0.15, -0.1) is 0 Å². The van der Waals surface area contributed by atoms with E-state index in [9.17, 15) is 27.2 Å². The Hall–Kier alpha value is -3.36. The van der Waals surface area contributed by atoms with E-state index in [-0.39, 0.29) is 35.8 Å². The first kappa shape index (κ1) is 20.5. The number of anilines is 1. The Kier molecular flexibility index (Phi) is 4.72. The molecule has 2 aromatic rings. The summed E-state index contributed by atoms with van der Waals surface area (Å²) in [5, 5.41) is 2.46. The monoisotopic (exact) mass is 445 g/mol. The number of aryl methyl sites for hydroxylation is 1. The topological polar surface area (TPSA) is 52.7 Å². The van der Waals surface area contributed by atoms with E-state index in [4.69, 9.17) is 0 Å². The van der Waals surface area contributed by atoms with Gasteiger partial charge in [0.2, 0.25) is 5.91 Å². The van der Waals surface area contributed by atoms with Crippen molar-refractivity contribution in [3.8, 4) is 0 Å². The van der Waals surface area contributed by atoms with Crippen LogP contribution < -0.4 is 5.32 Å². The van der Waals surface area contributed by atoms with Crippen LogP contribution in [-0.2, 0) is 11.3 Å². The van der Waals surface area contributed by atoms with Crippen molar-refractivity contribution in [1.82, 2.24) is 9.80 Å². The molecular formula is C23H19F4N3O2. The lowest BCUT2D eigenvalue weighted by Gasteiger charge is -2.33. The Bertz CT molecular complexity index is 1170. The first-order valence-corrected chi connectivity index (χ1v) is 10.2. The highest BCUT2D eigenvalue weighted by molar-refractivity contribution is 5.95. The number of nitrogens with one attached hydrogen (secondary N) is 1. The minimum atomic E-state index is -1.07. The van der Waals surface area contributed by atoms with Crippen LogP contribution in [0.25, 0.3) is 5.57 Å². The van der Waals surface area contributed by atoms with Crippen molar-refractivity contribution in [2.75, 3.05) is 18.4 Å². The second-order valence-electron chi connectivity index (χ2n) is 8.46. The standard InChI is InChI=1S/C23H19F4N3O2/c1-11-4-16(25)21(17(26)5-11)13-6-12-7-19(13)30(8-12)20(31)10-29-9-14-18(28-23(29)32)3-2-15(24)22(14)27/h2-6,12,19H,7-10H2,1H3,(H,28,32)/t12-,19-/m0/s1. The fourth-order valence-electron chi connectivity index (χ4n) is 4.85. The van der Waals surface area contributed by atoms with E-state index in [2.05, 4.69) is 5.32 Å². The number of urea groups is 1. The number of hydrogen-bond donors (Lipinski definition) is 1. The molecule has 5 nitrogen and oxygen atoms in total. The Morgan fingerprint density at radius 3 is 2.53 bits per heavy atom. The van der Waals surface area contributed by atoms with Crippen LogP contribution in [0.15, 0.2) is 30.3 Å². The summed E-state index contributed by atoms with van der Waals surface area (Å²) < 4.78 is 56.8. The number of benzene rings is 2. The second kappa shape index (κ2) is 7.36. The van der Waals surface area contributed by atoms with Gasteiger partial charge in [-0.3, -0.25) is 4.79 Å². The number of halogens is 4. The van der Waals surface area contributed by atoms with Crippen LogP contribution >= 0.6 is 0 Å². The van der Waals surface area contributed by atoms with Crippen molar-refractivity contribution in [2.45, 2.75) is 25.9 Å². The number of rotatable bonds is 3. The molecule has 32 heavy (non-hydrogen) atoms. The highest BCUT2D eigenvalue weighted by atomic mass is 19.2. The molecule has 0 aromatic heterocycles. The first-order valence-electron chi connectivity index (χ1n) is 10.2. The molecule has 1 fully saturated rings. The highest BCUT2D eigenvalue weighted by Gasteiger charge is 2.44. The van der Waals surface area contributed by atoms with Gasteiger partial charge in [0, 0.05) is 12.1 Å². The van der Waals surface area contributed by atoms with Crippen molar-refractivity contribution in [3.05, 3.63) is 70.3 Å². The van der Waals surface area contributed by atoms with Crippen LogP contribution in [0.5, 0.6) is 0 Å². The zero-order valence-corrected chi connectivity index (χ0v) is 17.1. The van der Waals surface area contributed by atoms with Crippen molar-refractivity contribution >= 4 is 23.2 Å². The van der Waals surface area contributed by atoms with Gasteiger partial charge in [-0.1, -0.05) is 6.08 Å². The summed E-state index contributed by atoms with van der Waals surface area (Å²) in [6.07, 6.45) is 2.34. The van der Waals surface area contributed by atoms with Crippen molar-refractivity contribution in [3.63, 3.8) is 0 Å². The fourth-order valence-corrected chi connectivity index (χ4v) is 4.85. The average Bonchev–Trinajstić information content (AvgIpc) is 3.32. The molecule has 5 rings (SSSR count). The predicted octanol–water partition coefficient (Wildman–Crippen LogP) is 4.21. The number of likely N-dealkylation sites (tertiary alicyclic amines) is 1. The SMILES string of the molecule is Cc1cc(F)c(C2=C[C@H]3C[C@@H]2N(C(=O)CN2Cc4c(ccc(F)c4F)NC2=O)C3)c(F)c1. The van der Waals surface area contributed by atoms with E-state index in [1.165, 1.54) is 23.1 Å². The smallest absolute Gasteiger partial charge is 0.322 e. The van der Waals surface area contributed by atoms with Crippen LogP contribution in [-0.4, -0.2) is 40.9 Å². The maximum absolute atomic E-state index is 14.5. The number of carbonyl (C=O) groups is 2. The van der Waals surface area contributed by atoms with E-state index in [1.807, 2.05) is 0 Å². The molecule has 166 valence electrons. The molecule has 1 saturated heterocycles. The zero-order chi connectivity index (χ0) is 22.7. The summed E-state index contributed by atoms with van der Waals surface area (Å²) in [4.78, 5) is 28.0. The zero-order valence-electron chi connectivity index (χ0n) is 17.1. The van der Waals surface area contributed by atoms with E-state index in [0.29, 0.717) is 24.1 Å². The van der Waals surface area contributed by atoms with Gasteiger partial charge in [0.1, 0.15) is 18.2 Å². The maximum atomic E-state index is 14.5. The van der Waals surface area contributed by atoms with Gasteiger partial charge in [0.05, 0.1) is 23.8 Å². The van der Waals surface area contributed by atoms with E-state index in [1.54, 1.807) is 13.0 Å². The Morgan fingerprint density at radius 1 is 1.12 bits per heavy atom. The van der Waals surface area contributed by atoms with Gasteiger partial charge >= 0.3 is 6.03 Å². The Morgan fingerprint density at radius 2 is 1.84 bits per heavy atom. The molecule has 0 unspecified atom stereocenters. The normalized spacial score (nSPS) is 21.5. The van der Waals surface area contributed by atoms with Gasteiger partial charge < -0.3 is 15.1 Å². The van der Waals surface area contributed by atoms with Crippen LogP contribution in [0.1, 0.15) is 23.1 Å². The quantitative estimate of drug-likeness (QED) is 0.720. The molecule has 9 heteroatoms. The summed E-state index contributed by atoms with van der Waals surface area (Å²) in [5.74, 6) is -3.94. The molecule has 3 amide bonds. The predicted molar refractivity (Wildman–Crippen MR) is 108 cm³/mol.